The molecule has 1 unspecified atom stereocenters. The third-order valence-electron chi connectivity index (χ3n) is 2.81. The lowest BCUT2D eigenvalue weighted by molar-refractivity contribution is 0.0680. The third-order valence-corrected chi connectivity index (χ3v) is 2.81. The number of carbonyl (C=O) groups is 1. The van der Waals surface area contributed by atoms with Crippen molar-refractivity contribution in [2.45, 2.75) is 51.6 Å². The van der Waals surface area contributed by atoms with E-state index < -0.39 is 12.1 Å². The molecule has 1 rings (SSSR count). The summed E-state index contributed by atoms with van der Waals surface area (Å²) in [7, 11) is 0. The molecule has 4 heteroatoms. The smallest absolute Gasteiger partial charge is 0.339 e. The number of aliphatic hydroxyl groups excluding tert-OH is 1. The van der Waals surface area contributed by atoms with Crippen LogP contribution in [0.3, 0.4) is 0 Å². The van der Waals surface area contributed by atoms with Gasteiger partial charge in [0.05, 0.1) is 6.26 Å². The van der Waals surface area contributed by atoms with Crippen molar-refractivity contribution in [3.63, 3.8) is 0 Å². The Bertz CT molecular complexity index is 343. The normalized spacial score (nSPS) is 12.6. The molecule has 1 atom stereocenters. The molecule has 0 fully saturated rings. The van der Waals surface area contributed by atoms with Crippen LogP contribution in [-0.2, 0) is 0 Å². The van der Waals surface area contributed by atoms with Gasteiger partial charge in [0.1, 0.15) is 17.4 Å². The third kappa shape index (κ3) is 4.23. The first-order valence-electron chi connectivity index (χ1n) is 6.15. The molecule has 0 aliphatic carbocycles. The molecule has 0 aliphatic rings. The SMILES string of the molecule is CCCCCCCC(O)c1occc1C(=O)O. The predicted molar refractivity (Wildman–Crippen MR) is 64.0 cm³/mol. The number of aromatic carboxylic acids is 1. The van der Waals surface area contributed by atoms with E-state index in [0.717, 1.165) is 19.3 Å². The second-order valence-electron chi connectivity index (χ2n) is 4.22. The molecule has 0 amide bonds. The van der Waals surface area contributed by atoms with Crippen molar-refractivity contribution in [1.29, 1.82) is 0 Å². The molecular weight excluding hydrogens is 220 g/mol. The van der Waals surface area contributed by atoms with Crippen LogP contribution < -0.4 is 0 Å². The van der Waals surface area contributed by atoms with Gasteiger partial charge in [-0.15, -0.1) is 0 Å². The summed E-state index contributed by atoms with van der Waals surface area (Å²) in [5, 5.41) is 18.7. The largest absolute Gasteiger partial charge is 0.478 e. The Morgan fingerprint density at radius 2 is 2.06 bits per heavy atom. The first-order valence-corrected chi connectivity index (χ1v) is 6.15. The molecule has 17 heavy (non-hydrogen) atoms. The van der Waals surface area contributed by atoms with E-state index in [4.69, 9.17) is 9.52 Å². The maximum atomic E-state index is 10.8. The summed E-state index contributed by atoms with van der Waals surface area (Å²) in [6.45, 7) is 2.15. The Labute approximate surface area is 101 Å². The molecule has 1 heterocycles. The maximum Gasteiger partial charge on any atom is 0.339 e. The molecule has 2 N–H and O–H groups in total. The van der Waals surface area contributed by atoms with Gasteiger partial charge in [-0.05, 0) is 12.5 Å². The standard InChI is InChI=1S/C13H20O4/c1-2-3-4-5-6-7-11(14)12-10(13(15)16)8-9-17-12/h8-9,11,14H,2-7H2,1H3,(H,15,16). The minimum Gasteiger partial charge on any atom is -0.478 e. The number of furan rings is 1. The number of aliphatic hydroxyl groups is 1. The van der Waals surface area contributed by atoms with Crippen LogP contribution in [0.4, 0.5) is 0 Å². The summed E-state index contributed by atoms with van der Waals surface area (Å²) in [6.07, 6.45) is 6.55. The zero-order chi connectivity index (χ0) is 12.7. The van der Waals surface area contributed by atoms with E-state index in [-0.39, 0.29) is 11.3 Å². The van der Waals surface area contributed by atoms with Gasteiger partial charge in [-0.1, -0.05) is 39.0 Å². The fourth-order valence-corrected chi connectivity index (χ4v) is 1.83. The summed E-state index contributed by atoms with van der Waals surface area (Å²) in [4.78, 5) is 10.8. The van der Waals surface area contributed by atoms with Crippen LogP contribution in [0.1, 0.15) is 67.7 Å². The number of carboxylic acid groups (broad SMARTS) is 1. The predicted octanol–water partition coefficient (Wildman–Crippen LogP) is 3.37. The van der Waals surface area contributed by atoms with Crippen LogP contribution >= 0.6 is 0 Å². The van der Waals surface area contributed by atoms with Crippen molar-refractivity contribution in [1.82, 2.24) is 0 Å². The molecule has 0 bridgehead atoms. The van der Waals surface area contributed by atoms with Gasteiger partial charge in [-0.25, -0.2) is 4.79 Å². The van der Waals surface area contributed by atoms with E-state index in [1.807, 2.05) is 0 Å². The molecule has 0 aromatic carbocycles. The van der Waals surface area contributed by atoms with E-state index >= 15 is 0 Å². The van der Waals surface area contributed by atoms with Crippen molar-refractivity contribution >= 4 is 5.97 Å². The van der Waals surface area contributed by atoms with Crippen LogP contribution in [-0.4, -0.2) is 16.2 Å². The van der Waals surface area contributed by atoms with Crippen molar-refractivity contribution in [2.24, 2.45) is 0 Å². The zero-order valence-electron chi connectivity index (χ0n) is 10.2. The summed E-state index contributed by atoms with van der Waals surface area (Å²) in [5.74, 6) is -0.883. The van der Waals surface area contributed by atoms with Gasteiger partial charge in [-0.3, -0.25) is 0 Å². The number of rotatable bonds is 8. The Kier molecular flexibility index (Phi) is 5.77. The zero-order valence-corrected chi connectivity index (χ0v) is 10.2. The highest BCUT2D eigenvalue weighted by Gasteiger charge is 2.20. The lowest BCUT2D eigenvalue weighted by atomic mass is 10.0. The molecule has 0 saturated carbocycles. The second-order valence-corrected chi connectivity index (χ2v) is 4.22. The molecular formula is C13H20O4. The minimum atomic E-state index is -1.06. The summed E-state index contributed by atoms with van der Waals surface area (Å²) < 4.78 is 5.04. The molecule has 0 radical (unpaired) electrons. The number of hydrogen-bond donors (Lipinski definition) is 2. The molecule has 1 aromatic heterocycles. The van der Waals surface area contributed by atoms with Gasteiger partial charge in [0.25, 0.3) is 0 Å². The van der Waals surface area contributed by atoms with E-state index in [0.29, 0.717) is 6.42 Å². The van der Waals surface area contributed by atoms with Gasteiger partial charge < -0.3 is 14.6 Å². The fourth-order valence-electron chi connectivity index (χ4n) is 1.83. The van der Waals surface area contributed by atoms with Crippen LogP contribution in [0, 0.1) is 0 Å². The van der Waals surface area contributed by atoms with E-state index in [2.05, 4.69) is 6.92 Å². The van der Waals surface area contributed by atoms with Crippen molar-refractivity contribution in [3.05, 3.63) is 23.7 Å². The summed E-state index contributed by atoms with van der Waals surface area (Å²) >= 11 is 0. The highest BCUT2D eigenvalue weighted by Crippen LogP contribution is 2.24. The number of carboxylic acids is 1. The summed E-state index contributed by atoms with van der Waals surface area (Å²) in [6, 6.07) is 1.37. The number of unbranched alkanes of at least 4 members (excludes halogenated alkanes) is 4. The monoisotopic (exact) mass is 240 g/mol. The Morgan fingerprint density at radius 1 is 1.35 bits per heavy atom. The molecule has 1 aromatic rings. The lowest BCUT2D eigenvalue weighted by Crippen LogP contribution is -2.04. The second kappa shape index (κ2) is 7.12. The molecule has 0 spiro atoms. The van der Waals surface area contributed by atoms with Crippen LogP contribution in [0.2, 0.25) is 0 Å². The quantitative estimate of drug-likeness (QED) is 0.683. The highest BCUT2D eigenvalue weighted by atomic mass is 16.4. The van der Waals surface area contributed by atoms with Gasteiger partial charge in [0, 0.05) is 0 Å². The molecule has 0 saturated heterocycles. The topological polar surface area (TPSA) is 70.7 Å². The molecule has 0 aliphatic heterocycles. The van der Waals surface area contributed by atoms with Gasteiger partial charge in [0.15, 0.2) is 0 Å². The molecule has 4 nitrogen and oxygen atoms in total. The van der Waals surface area contributed by atoms with Crippen LogP contribution in [0.5, 0.6) is 0 Å². The Balaban J connectivity index is 2.38. The Hall–Kier alpha value is -1.29. The van der Waals surface area contributed by atoms with Gasteiger partial charge in [-0.2, -0.15) is 0 Å². The number of hydrogen-bond acceptors (Lipinski definition) is 3. The average Bonchev–Trinajstić information content (AvgIpc) is 2.77. The minimum absolute atomic E-state index is 0.0612. The molecule has 96 valence electrons. The first-order chi connectivity index (χ1) is 8.16. The average molecular weight is 240 g/mol. The van der Waals surface area contributed by atoms with Crippen molar-refractivity contribution in [2.75, 3.05) is 0 Å². The van der Waals surface area contributed by atoms with Crippen LogP contribution in [0.15, 0.2) is 16.7 Å². The van der Waals surface area contributed by atoms with E-state index in [1.165, 1.54) is 25.2 Å². The lowest BCUT2D eigenvalue weighted by Gasteiger charge is -2.08. The maximum absolute atomic E-state index is 10.8. The van der Waals surface area contributed by atoms with Gasteiger partial charge >= 0.3 is 5.97 Å². The Morgan fingerprint density at radius 3 is 2.71 bits per heavy atom. The van der Waals surface area contributed by atoms with E-state index in [9.17, 15) is 9.90 Å². The van der Waals surface area contributed by atoms with Crippen LogP contribution in [0.25, 0.3) is 0 Å². The van der Waals surface area contributed by atoms with Gasteiger partial charge in [0.2, 0.25) is 0 Å². The van der Waals surface area contributed by atoms with Crippen molar-refractivity contribution < 1.29 is 19.4 Å². The fraction of sp³-hybridized carbons (Fsp3) is 0.615. The highest BCUT2D eigenvalue weighted by molar-refractivity contribution is 5.88. The first kappa shape index (κ1) is 13.8. The summed E-state index contributed by atoms with van der Waals surface area (Å²) in [5.41, 5.74) is 0.0612. The van der Waals surface area contributed by atoms with Crippen molar-refractivity contribution in [3.8, 4) is 0 Å². The van der Waals surface area contributed by atoms with E-state index in [1.54, 1.807) is 0 Å².